The van der Waals surface area contributed by atoms with E-state index < -0.39 is 0 Å². The van der Waals surface area contributed by atoms with Crippen molar-refractivity contribution in [2.45, 2.75) is 0 Å². The molecule has 1 aliphatic rings. The molecule has 1 aromatic heterocycles. The number of nitrogens with two attached hydrogens (primary N) is 1. The first-order valence-corrected chi connectivity index (χ1v) is 3.74. The normalized spacial score (nSPS) is 13.1. The Balaban J connectivity index is 0.000000845. The first-order valence-electron chi connectivity index (χ1n) is 3.74. The van der Waals surface area contributed by atoms with Gasteiger partial charge in [-0.05, 0) is 0 Å². The summed E-state index contributed by atoms with van der Waals surface area (Å²) in [6.07, 6.45) is 1.66. The highest BCUT2D eigenvalue weighted by Gasteiger charge is 2.17. The van der Waals surface area contributed by atoms with E-state index in [2.05, 4.69) is 10.2 Å². The first kappa shape index (κ1) is 13.1. The van der Waals surface area contributed by atoms with E-state index >= 15 is 0 Å². The van der Waals surface area contributed by atoms with Gasteiger partial charge in [0, 0.05) is 7.05 Å². The zero-order valence-corrected chi connectivity index (χ0v) is 9.27. The molecule has 1 aromatic rings. The molecule has 2 N–H and O–H groups in total. The lowest BCUT2D eigenvalue weighted by Crippen LogP contribution is -2.29. The fourth-order valence-electron chi connectivity index (χ4n) is 1.21. The summed E-state index contributed by atoms with van der Waals surface area (Å²) in [5.74, 6) is 1.01. The Hall–Kier alpha value is -0.940. The molecule has 0 amide bonds. The maximum absolute atomic E-state index is 5.58. The molecule has 0 atom stereocenters. The van der Waals surface area contributed by atoms with Gasteiger partial charge in [-0.3, -0.25) is 0 Å². The number of hydrogen-bond donors (Lipinski definition) is 1. The Morgan fingerprint density at radius 2 is 2.21 bits per heavy atom. The molecule has 0 bridgehead atoms. The second-order valence-corrected chi connectivity index (χ2v) is 2.71. The van der Waals surface area contributed by atoms with E-state index in [9.17, 15) is 0 Å². The van der Waals surface area contributed by atoms with Crippen LogP contribution in [0.2, 0.25) is 0 Å². The third-order valence-corrected chi connectivity index (χ3v) is 1.90. The van der Waals surface area contributed by atoms with Crippen molar-refractivity contribution in [2.24, 2.45) is 0 Å². The average Bonchev–Trinajstić information content (AvgIpc) is 2.07. The van der Waals surface area contributed by atoms with Crippen LogP contribution in [0.1, 0.15) is 0 Å². The first-order chi connectivity index (χ1) is 5.79. The predicted octanol–water partition coefficient (Wildman–Crippen LogP) is 0.731. The van der Waals surface area contributed by atoms with E-state index in [0.717, 1.165) is 12.2 Å². The van der Waals surface area contributed by atoms with Gasteiger partial charge in [-0.25, -0.2) is 0 Å². The molecule has 1 aliphatic heterocycles. The molecule has 2 heterocycles. The number of hydrogen-bond acceptors (Lipinski definition) is 5. The number of ether oxygens (including phenoxy) is 1. The lowest BCUT2D eigenvalue weighted by molar-refractivity contribution is 0.311. The zero-order chi connectivity index (χ0) is 8.55. The molecular formula is C7H12Cl2N4O. The van der Waals surface area contributed by atoms with Crippen LogP contribution >= 0.6 is 24.8 Å². The second-order valence-electron chi connectivity index (χ2n) is 2.71. The van der Waals surface area contributed by atoms with Gasteiger partial charge >= 0.3 is 0 Å². The Kier molecular flexibility index (Phi) is 4.73. The third-order valence-electron chi connectivity index (χ3n) is 1.90. The molecule has 0 aliphatic carbocycles. The number of halogens is 2. The van der Waals surface area contributed by atoms with E-state index in [1.165, 1.54) is 0 Å². The molecule has 0 radical (unpaired) electrons. The Labute approximate surface area is 94.4 Å². The third kappa shape index (κ3) is 2.10. The average molecular weight is 239 g/mol. The number of anilines is 2. The van der Waals surface area contributed by atoms with Gasteiger partial charge in [-0.15, -0.1) is 29.9 Å². The summed E-state index contributed by atoms with van der Waals surface area (Å²) < 4.78 is 5.36. The van der Waals surface area contributed by atoms with Gasteiger partial charge in [0.05, 0.1) is 12.7 Å². The quantitative estimate of drug-likeness (QED) is 0.723. The monoisotopic (exact) mass is 238 g/mol. The van der Waals surface area contributed by atoms with Crippen LogP contribution in [-0.2, 0) is 0 Å². The van der Waals surface area contributed by atoms with Crippen LogP contribution in [0.25, 0.3) is 0 Å². The summed E-state index contributed by atoms with van der Waals surface area (Å²) in [7, 11) is 1.97. The highest BCUT2D eigenvalue weighted by Crippen LogP contribution is 2.32. The van der Waals surface area contributed by atoms with Gasteiger partial charge in [-0.1, -0.05) is 0 Å². The van der Waals surface area contributed by atoms with Crippen LogP contribution in [0.4, 0.5) is 11.5 Å². The molecule has 0 spiro atoms. The van der Waals surface area contributed by atoms with Crippen molar-refractivity contribution < 1.29 is 4.74 Å². The van der Waals surface area contributed by atoms with Crippen molar-refractivity contribution in [3.63, 3.8) is 0 Å². The van der Waals surface area contributed by atoms with Crippen molar-refractivity contribution in [1.29, 1.82) is 0 Å². The molecule has 5 nitrogen and oxygen atoms in total. The summed E-state index contributed by atoms with van der Waals surface area (Å²) in [5.41, 5.74) is 6.49. The Morgan fingerprint density at radius 3 is 2.86 bits per heavy atom. The van der Waals surface area contributed by atoms with Crippen LogP contribution in [0.15, 0.2) is 6.20 Å². The van der Waals surface area contributed by atoms with E-state index in [-0.39, 0.29) is 24.8 Å². The lowest BCUT2D eigenvalue weighted by Gasteiger charge is -2.26. The van der Waals surface area contributed by atoms with E-state index in [0.29, 0.717) is 18.2 Å². The van der Waals surface area contributed by atoms with E-state index in [4.69, 9.17) is 10.5 Å². The van der Waals surface area contributed by atoms with Crippen LogP contribution in [0, 0.1) is 0 Å². The molecule has 80 valence electrons. The summed E-state index contributed by atoms with van der Waals surface area (Å²) in [6.45, 7) is 1.51. The molecule has 0 saturated carbocycles. The molecule has 0 fully saturated rings. The Bertz CT molecular complexity index is 310. The number of nitrogen functional groups attached to an aromatic ring is 1. The zero-order valence-electron chi connectivity index (χ0n) is 7.64. The standard InChI is InChI=1S/C7H10N4O.2ClH/c1-11-2-3-12-6-5(11)4-9-10-7(6)8;;/h4H,2-3H2,1H3,(H2,8,10);2*1H. The SMILES string of the molecule is CN1CCOc2c1cnnc2N.Cl.Cl. The van der Waals surface area contributed by atoms with Gasteiger partial charge in [-0.2, -0.15) is 5.10 Å². The highest BCUT2D eigenvalue weighted by atomic mass is 35.5. The van der Waals surface area contributed by atoms with Crippen molar-refractivity contribution >= 4 is 36.3 Å². The minimum Gasteiger partial charge on any atom is -0.486 e. The summed E-state index contributed by atoms with van der Waals surface area (Å²) in [4.78, 5) is 2.05. The van der Waals surface area contributed by atoms with Gasteiger partial charge in [0.1, 0.15) is 12.3 Å². The maximum atomic E-state index is 5.58. The Morgan fingerprint density at radius 1 is 1.50 bits per heavy atom. The van der Waals surface area contributed by atoms with Crippen LogP contribution < -0.4 is 15.4 Å². The number of nitrogens with zero attached hydrogens (tertiary/aromatic N) is 3. The highest BCUT2D eigenvalue weighted by molar-refractivity contribution is 5.85. The van der Waals surface area contributed by atoms with Crippen LogP contribution in [0.5, 0.6) is 5.75 Å². The minimum absolute atomic E-state index is 0. The summed E-state index contributed by atoms with van der Waals surface area (Å²) in [6, 6.07) is 0. The van der Waals surface area contributed by atoms with Gasteiger partial charge in [0.25, 0.3) is 0 Å². The number of rotatable bonds is 0. The van der Waals surface area contributed by atoms with E-state index in [1.807, 2.05) is 11.9 Å². The maximum Gasteiger partial charge on any atom is 0.190 e. The fraction of sp³-hybridized carbons (Fsp3) is 0.429. The van der Waals surface area contributed by atoms with E-state index in [1.54, 1.807) is 6.20 Å². The van der Waals surface area contributed by atoms with Crippen molar-refractivity contribution in [1.82, 2.24) is 10.2 Å². The van der Waals surface area contributed by atoms with Crippen molar-refractivity contribution in [2.75, 3.05) is 30.8 Å². The number of likely N-dealkylation sites (N-methyl/N-ethyl adjacent to an activating group) is 1. The van der Waals surface area contributed by atoms with Crippen LogP contribution in [-0.4, -0.2) is 30.4 Å². The van der Waals surface area contributed by atoms with Gasteiger partial charge in [0.2, 0.25) is 0 Å². The molecule has 14 heavy (non-hydrogen) atoms. The number of aromatic nitrogens is 2. The molecule has 0 aromatic carbocycles. The molecule has 0 saturated heterocycles. The molecule has 2 rings (SSSR count). The van der Waals surface area contributed by atoms with Gasteiger partial charge < -0.3 is 15.4 Å². The molecular weight excluding hydrogens is 227 g/mol. The lowest BCUT2D eigenvalue weighted by atomic mass is 10.3. The van der Waals surface area contributed by atoms with Crippen molar-refractivity contribution in [3.05, 3.63) is 6.20 Å². The second kappa shape index (κ2) is 5.07. The summed E-state index contributed by atoms with van der Waals surface area (Å²) in [5, 5.41) is 7.45. The molecule has 7 heteroatoms. The fourth-order valence-corrected chi connectivity index (χ4v) is 1.21. The predicted molar refractivity (Wildman–Crippen MR) is 59.7 cm³/mol. The number of fused-ring (bicyclic) bond motifs is 1. The van der Waals surface area contributed by atoms with Crippen molar-refractivity contribution in [3.8, 4) is 5.75 Å². The summed E-state index contributed by atoms with van der Waals surface area (Å²) >= 11 is 0. The largest absolute Gasteiger partial charge is 0.486 e. The minimum atomic E-state index is 0. The van der Waals surface area contributed by atoms with Gasteiger partial charge in [0.15, 0.2) is 11.6 Å². The molecule has 0 unspecified atom stereocenters. The topological polar surface area (TPSA) is 64.3 Å². The smallest absolute Gasteiger partial charge is 0.190 e. The van der Waals surface area contributed by atoms with Crippen LogP contribution in [0.3, 0.4) is 0 Å².